The van der Waals surface area contributed by atoms with Crippen LogP contribution in [0.25, 0.3) is 0 Å². The standard InChI is InChI=1S/C18H22F4N2O2/c1-11(23-16(25)24-13-8-17(9-13)5-2-6-17)12-3-4-14(19)15(7-12)26-10-18(20,21)22/h3-4,7,11,13H,2,5-6,8-10H2,1H3,(H2,23,24,25)/t11-/m1/s1. The second-order valence-electron chi connectivity index (χ2n) is 7.39. The van der Waals surface area contributed by atoms with Gasteiger partial charge in [-0.2, -0.15) is 13.2 Å². The maximum atomic E-state index is 13.6. The minimum Gasteiger partial charge on any atom is -0.481 e. The lowest BCUT2D eigenvalue weighted by atomic mass is 9.54. The van der Waals surface area contributed by atoms with Gasteiger partial charge in [-0.05, 0) is 55.7 Å². The van der Waals surface area contributed by atoms with E-state index in [9.17, 15) is 22.4 Å². The van der Waals surface area contributed by atoms with E-state index >= 15 is 0 Å². The molecule has 2 aliphatic carbocycles. The molecule has 0 aromatic heterocycles. The number of carbonyl (C=O) groups is 1. The van der Waals surface area contributed by atoms with E-state index in [0.717, 1.165) is 18.9 Å². The van der Waals surface area contributed by atoms with Crippen molar-refractivity contribution in [2.24, 2.45) is 5.41 Å². The van der Waals surface area contributed by atoms with Crippen LogP contribution < -0.4 is 15.4 Å². The Morgan fingerprint density at radius 2 is 2.04 bits per heavy atom. The third kappa shape index (κ3) is 4.40. The van der Waals surface area contributed by atoms with E-state index in [0.29, 0.717) is 11.0 Å². The van der Waals surface area contributed by atoms with Crippen LogP contribution in [0.4, 0.5) is 22.4 Å². The summed E-state index contributed by atoms with van der Waals surface area (Å²) in [5, 5.41) is 5.63. The Labute approximate surface area is 149 Å². The first-order chi connectivity index (χ1) is 12.2. The second kappa shape index (κ2) is 6.96. The van der Waals surface area contributed by atoms with Crippen molar-refractivity contribution in [2.75, 3.05) is 6.61 Å². The summed E-state index contributed by atoms with van der Waals surface area (Å²) in [6.07, 6.45) is 1.19. The molecule has 0 aliphatic heterocycles. The number of nitrogens with one attached hydrogen (secondary N) is 2. The molecule has 1 aromatic carbocycles. The van der Waals surface area contributed by atoms with Crippen LogP contribution in [0.2, 0.25) is 0 Å². The van der Waals surface area contributed by atoms with Crippen LogP contribution in [0.15, 0.2) is 18.2 Å². The predicted molar refractivity (Wildman–Crippen MR) is 87.3 cm³/mol. The number of rotatable bonds is 5. The predicted octanol–water partition coefficient (Wildman–Crippen LogP) is 4.46. The van der Waals surface area contributed by atoms with Gasteiger partial charge in [0.2, 0.25) is 0 Å². The first-order valence-electron chi connectivity index (χ1n) is 8.72. The molecule has 2 aliphatic rings. The summed E-state index contributed by atoms with van der Waals surface area (Å²) in [6, 6.07) is 2.96. The average Bonchev–Trinajstić information content (AvgIpc) is 2.46. The van der Waals surface area contributed by atoms with Crippen LogP contribution in [0.3, 0.4) is 0 Å². The van der Waals surface area contributed by atoms with Crippen molar-refractivity contribution >= 4 is 6.03 Å². The quantitative estimate of drug-likeness (QED) is 0.748. The molecule has 26 heavy (non-hydrogen) atoms. The van der Waals surface area contributed by atoms with E-state index in [-0.39, 0.29) is 12.1 Å². The minimum absolute atomic E-state index is 0.168. The molecule has 1 spiro atoms. The monoisotopic (exact) mass is 374 g/mol. The molecule has 8 heteroatoms. The van der Waals surface area contributed by atoms with E-state index in [1.807, 2.05) is 0 Å². The van der Waals surface area contributed by atoms with Crippen LogP contribution >= 0.6 is 0 Å². The Balaban J connectivity index is 1.52. The van der Waals surface area contributed by atoms with Gasteiger partial charge in [-0.25, -0.2) is 9.18 Å². The van der Waals surface area contributed by atoms with E-state index in [2.05, 4.69) is 15.4 Å². The highest BCUT2D eigenvalue weighted by molar-refractivity contribution is 5.75. The lowest BCUT2D eigenvalue weighted by Gasteiger charge is -2.54. The third-order valence-electron chi connectivity index (χ3n) is 5.30. The molecule has 2 fully saturated rings. The number of hydrogen-bond donors (Lipinski definition) is 2. The van der Waals surface area contributed by atoms with Crippen LogP contribution in [0.5, 0.6) is 5.75 Å². The van der Waals surface area contributed by atoms with Gasteiger partial charge in [0.25, 0.3) is 0 Å². The normalized spacial score (nSPS) is 20.0. The molecule has 1 atom stereocenters. The third-order valence-corrected chi connectivity index (χ3v) is 5.30. The Morgan fingerprint density at radius 1 is 1.35 bits per heavy atom. The summed E-state index contributed by atoms with van der Waals surface area (Å²) < 4.78 is 54.8. The number of hydrogen-bond acceptors (Lipinski definition) is 2. The zero-order valence-corrected chi connectivity index (χ0v) is 14.5. The topological polar surface area (TPSA) is 50.4 Å². The van der Waals surface area contributed by atoms with Gasteiger partial charge in [-0.3, -0.25) is 0 Å². The minimum atomic E-state index is -4.55. The average molecular weight is 374 g/mol. The Bertz CT molecular complexity index is 666. The Kier molecular flexibility index (Phi) is 5.03. The zero-order chi connectivity index (χ0) is 18.9. The Hall–Kier alpha value is -1.99. The number of amides is 2. The Morgan fingerprint density at radius 3 is 2.62 bits per heavy atom. The van der Waals surface area contributed by atoms with Gasteiger partial charge in [-0.15, -0.1) is 0 Å². The number of halogens is 4. The first-order valence-corrected chi connectivity index (χ1v) is 8.72. The van der Waals surface area contributed by atoms with E-state index < -0.39 is 30.4 Å². The van der Waals surface area contributed by atoms with Gasteiger partial charge < -0.3 is 15.4 Å². The molecule has 3 rings (SSSR count). The van der Waals surface area contributed by atoms with Crippen molar-refractivity contribution < 1.29 is 27.1 Å². The highest BCUT2D eigenvalue weighted by atomic mass is 19.4. The van der Waals surface area contributed by atoms with Crippen molar-refractivity contribution in [3.63, 3.8) is 0 Å². The maximum absolute atomic E-state index is 13.6. The first kappa shape index (κ1) is 18.8. The van der Waals surface area contributed by atoms with Crippen LogP contribution in [-0.4, -0.2) is 24.9 Å². The SMILES string of the molecule is C[C@@H](NC(=O)NC1CC2(CCC2)C1)c1ccc(F)c(OCC(F)(F)F)c1. The lowest BCUT2D eigenvalue weighted by Crippen LogP contribution is -2.55. The van der Waals surface area contributed by atoms with Crippen molar-refractivity contribution in [1.82, 2.24) is 10.6 Å². The molecule has 2 N–H and O–H groups in total. The molecule has 1 aromatic rings. The van der Waals surface area contributed by atoms with Crippen LogP contribution in [-0.2, 0) is 0 Å². The molecule has 0 unspecified atom stereocenters. The van der Waals surface area contributed by atoms with Crippen molar-refractivity contribution in [2.45, 2.75) is 57.3 Å². The van der Waals surface area contributed by atoms with Gasteiger partial charge in [0.15, 0.2) is 18.2 Å². The zero-order valence-electron chi connectivity index (χ0n) is 14.5. The molecule has 0 heterocycles. The summed E-state index contributed by atoms with van der Waals surface area (Å²) in [5.41, 5.74) is 0.911. The number of urea groups is 1. The summed E-state index contributed by atoms with van der Waals surface area (Å²) in [6.45, 7) is 0.105. The summed E-state index contributed by atoms with van der Waals surface area (Å²) >= 11 is 0. The molecule has 144 valence electrons. The fourth-order valence-corrected chi connectivity index (χ4v) is 3.74. The van der Waals surface area contributed by atoms with Gasteiger partial charge in [0, 0.05) is 6.04 Å². The number of benzene rings is 1. The summed E-state index contributed by atoms with van der Waals surface area (Å²) in [7, 11) is 0. The highest BCUT2D eigenvalue weighted by Gasteiger charge is 2.48. The fraction of sp³-hybridized carbons (Fsp3) is 0.611. The van der Waals surface area contributed by atoms with E-state index in [1.165, 1.54) is 31.4 Å². The van der Waals surface area contributed by atoms with Crippen LogP contribution in [0.1, 0.15) is 50.6 Å². The summed E-state index contributed by atoms with van der Waals surface area (Å²) in [4.78, 5) is 12.1. The molecule has 2 amide bonds. The molecule has 0 radical (unpaired) electrons. The fourth-order valence-electron chi connectivity index (χ4n) is 3.74. The van der Waals surface area contributed by atoms with Crippen LogP contribution in [0, 0.1) is 11.2 Å². The number of carbonyl (C=O) groups excluding carboxylic acids is 1. The second-order valence-corrected chi connectivity index (χ2v) is 7.39. The largest absolute Gasteiger partial charge is 0.481 e. The molecule has 0 bridgehead atoms. The van der Waals surface area contributed by atoms with Crippen molar-refractivity contribution in [3.05, 3.63) is 29.6 Å². The smallest absolute Gasteiger partial charge is 0.422 e. The van der Waals surface area contributed by atoms with Gasteiger partial charge in [-0.1, -0.05) is 12.5 Å². The lowest BCUT2D eigenvalue weighted by molar-refractivity contribution is -0.153. The molecular weight excluding hydrogens is 352 g/mol. The molecule has 2 saturated carbocycles. The van der Waals surface area contributed by atoms with E-state index in [4.69, 9.17) is 0 Å². The molecule has 0 saturated heterocycles. The van der Waals surface area contributed by atoms with Gasteiger partial charge >= 0.3 is 12.2 Å². The molecule has 4 nitrogen and oxygen atoms in total. The number of alkyl halides is 3. The van der Waals surface area contributed by atoms with Crippen molar-refractivity contribution in [3.8, 4) is 5.75 Å². The van der Waals surface area contributed by atoms with Gasteiger partial charge in [0.1, 0.15) is 0 Å². The number of ether oxygens (including phenoxy) is 1. The maximum Gasteiger partial charge on any atom is 0.422 e. The molecular formula is C18H22F4N2O2. The van der Waals surface area contributed by atoms with E-state index in [1.54, 1.807) is 6.92 Å². The highest BCUT2D eigenvalue weighted by Crippen LogP contribution is 2.55. The van der Waals surface area contributed by atoms with Gasteiger partial charge in [0.05, 0.1) is 6.04 Å². The van der Waals surface area contributed by atoms with Crippen molar-refractivity contribution in [1.29, 1.82) is 0 Å². The summed E-state index contributed by atoms with van der Waals surface area (Å²) in [5.74, 6) is -1.37.